The molecule has 180 valence electrons. The van der Waals surface area contributed by atoms with Crippen LogP contribution in [0.25, 0.3) is 0 Å². The van der Waals surface area contributed by atoms with Crippen LogP contribution >= 0.6 is 0 Å². The zero-order valence-corrected chi connectivity index (χ0v) is 18.7. The van der Waals surface area contributed by atoms with Crippen LogP contribution in [-0.2, 0) is 13.1 Å². The largest absolute Gasteiger partial charge is 0.408 e. The van der Waals surface area contributed by atoms with E-state index in [1.54, 1.807) is 24.3 Å². The Morgan fingerprint density at radius 2 is 1.27 bits per heavy atom. The normalized spacial score (nSPS) is 13.8. The average Bonchev–Trinajstić information content (AvgIpc) is 3.15. The number of aryl methyl sites for hydroxylation is 1. The van der Waals surface area contributed by atoms with Gasteiger partial charge in [0.25, 0.3) is 11.8 Å². The van der Waals surface area contributed by atoms with Crippen molar-refractivity contribution in [2.45, 2.75) is 77.6 Å². The number of hydrogen-bond acceptors (Lipinski definition) is 4. The Morgan fingerprint density at radius 1 is 0.788 bits per heavy atom. The first kappa shape index (κ1) is 24.7. The van der Waals surface area contributed by atoms with Crippen LogP contribution in [0.15, 0.2) is 29.1 Å². The maximum Gasteiger partial charge on any atom is 0.408 e. The number of nitrogens with zero attached hydrogens (tertiary/aromatic N) is 4. The lowest BCUT2D eigenvalue weighted by Gasteiger charge is -2.13. The third-order valence-corrected chi connectivity index (χ3v) is 5.83. The first-order valence-electron chi connectivity index (χ1n) is 11.4. The van der Waals surface area contributed by atoms with Crippen LogP contribution in [0.4, 0.5) is 13.2 Å². The number of alkyl halides is 3. The average molecular weight is 467 g/mol. The summed E-state index contributed by atoms with van der Waals surface area (Å²) in [5, 5.41) is 3.70. The topological polar surface area (TPSA) is 77.2 Å². The van der Waals surface area contributed by atoms with Crippen LogP contribution < -0.4 is 5.69 Å². The Hall–Kier alpha value is -2.91. The van der Waals surface area contributed by atoms with Gasteiger partial charge in [0.2, 0.25) is 0 Å². The summed E-state index contributed by atoms with van der Waals surface area (Å²) in [6.45, 7) is 0.966. The zero-order chi connectivity index (χ0) is 24.0. The molecule has 0 N–H and O–H groups in total. The third kappa shape index (κ3) is 6.33. The van der Waals surface area contributed by atoms with Gasteiger partial charge >= 0.3 is 11.9 Å². The van der Waals surface area contributed by atoms with Gasteiger partial charge in [0.05, 0.1) is 11.1 Å². The van der Waals surface area contributed by atoms with Crippen LogP contribution in [0.5, 0.6) is 0 Å². The molecular weight excluding hydrogens is 437 g/mol. The van der Waals surface area contributed by atoms with Crippen LogP contribution in [0, 0.1) is 6.92 Å². The number of amides is 2. The molecule has 2 amide bonds. The quantitative estimate of drug-likeness (QED) is 0.345. The highest BCUT2D eigenvalue weighted by Gasteiger charge is 2.34. The molecule has 0 atom stereocenters. The summed E-state index contributed by atoms with van der Waals surface area (Å²) in [6.07, 6.45) is 2.85. The molecule has 0 saturated carbocycles. The van der Waals surface area contributed by atoms with Gasteiger partial charge in [-0.1, -0.05) is 50.7 Å². The highest BCUT2D eigenvalue weighted by Crippen LogP contribution is 2.23. The summed E-state index contributed by atoms with van der Waals surface area (Å²) in [6, 6.07) is 6.88. The van der Waals surface area contributed by atoms with Gasteiger partial charge in [0.15, 0.2) is 0 Å². The van der Waals surface area contributed by atoms with Crippen molar-refractivity contribution >= 4 is 11.8 Å². The van der Waals surface area contributed by atoms with E-state index in [1.807, 2.05) is 0 Å². The van der Waals surface area contributed by atoms with Crippen LogP contribution in [-0.4, -0.2) is 43.8 Å². The Bertz CT molecular complexity index is 1010. The summed E-state index contributed by atoms with van der Waals surface area (Å²) in [7, 11) is 0. The fraction of sp³-hybridized carbons (Fsp3) is 0.565. The smallest absolute Gasteiger partial charge is 0.279 e. The molecule has 1 aromatic heterocycles. The minimum atomic E-state index is -4.47. The molecule has 0 fully saturated rings. The third-order valence-electron chi connectivity index (χ3n) is 5.83. The number of carbonyl (C=O) groups is 2. The molecule has 2 heterocycles. The van der Waals surface area contributed by atoms with E-state index >= 15 is 0 Å². The molecule has 1 aliphatic rings. The summed E-state index contributed by atoms with van der Waals surface area (Å²) in [4.78, 5) is 38.0. The second-order valence-corrected chi connectivity index (χ2v) is 8.39. The van der Waals surface area contributed by atoms with Crippen LogP contribution in [0.2, 0.25) is 0 Å². The molecule has 0 unspecified atom stereocenters. The Kier molecular flexibility index (Phi) is 8.10. The van der Waals surface area contributed by atoms with Gasteiger partial charge in [0.1, 0.15) is 12.4 Å². The molecule has 0 aliphatic carbocycles. The van der Waals surface area contributed by atoms with Gasteiger partial charge in [-0.3, -0.25) is 19.1 Å². The fourth-order valence-corrected chi connectivity index (χ4v) is 4.12. The highest BCUT2D eigenvalue weighted by atomic mass is 19.4. The van der Waals surface area contributed by atoms with Crippen molar-refractivity contribution in [2.24, 2.45) is 0 Å². The highest BCUT2D eigenvalue weighted by molar-refractivity contribution is 6.21. The summed E-state index contributed by atoms with van der Waals surface area (Å²) < 4.78 is 39.2. The Labute approximate surface area is 190 Å². The lowest BCUT2D eigenvalue weighted by molar-refractivity contribution is -0.143. The predicted molar refractivity (Wildman–Crippen MR) is 116 cm³/mol. The van der Waals surface area contributed by atoms with E-state index in [4.69, 9.17) is 0 Å². The number of aromatic nitrogens is 3. The Morgan fingerprint density at radius 3 is 1.79 bits per heavy atom. The second-order valence-electron chi connectivity index (χ2n) is 8.39. The van der Waals surface area contributed by atoms with Gasteiger partial charge in [0, 0.05) is 13.1 Å². The van der Waals surface area contributed by atoms with Crippen LogP contribution in [0.3, 0.4) is 0 Å². The van der Waals surface area contributed by atoms with Gasteiger partial charge in [-0.05, 0) is 31.9 Å². The lowest BCUT2D eigenvalue weighted by atomic mass is 10.1. The first-order chi connectivity index (χ1) is 15.7. The van der Waals surface area contributed by atoms with E-state index in [0.29, 0.717) is 41.1 Å². The van der Waals surface area contributed by atoms with Crippen LogP contribution in [0.1, 0.15) is 77.9 Å². The molecule has 1 aliphatic heterocycles. The van der Waals surface area contributed by atoms with E-state index in [0.717, 1.165) is 44.9 Å². The number of halogens is 3. The summed E-state index contributed by atoms with van der Waals surface area (Å²) in [5.41, 5.74) is 0.239. The molecule has 2 aromatic rings. The van der Waals surface area contributed by atoms with Gasteiger partial charge in [-0.25, -0.2) is 9.48 Å². The molecule has 1 aromatic carbocycles. The van der Waals surface area contributed by atoms with Crippen molar-refractivity contribution in [2.75, 3.05) is 6.54 Å². The summed E-state index contributed by atoms with van der Waals surface area (Å²) >= 11 is 0. The first-order valence-corrected chi connectivity index (χ1v) is 11.4. The molecule has 0 spiro atoms. The van der Waals surface area contributed by atoms with E-state index in [-0.39, 0.29) is 11.8 Å². The molecule has 0 bridgehead atoms. The van der Waals surface area contributed by atoms with Gasteiger partial charge in [-0.2, -0.15) is 18.3 Å². The minimum absolute atomic E-state index is 0.214. The molecule has 0 radical (unpaired) electrons. The molecule has 3 rings (SSSR count). The molecule has 10 heteroatoms. The minimum Gasteiger partial charge on any atom is -0.279 e. The number of benzene rings is 1. The monoisotopic (exact) mass is 466 g/mol. The number of imide groups is 1. The molecule has 0 saturated heterocycles. The van der Waals surface area contributed by atoms with Crippen molar-refractivity contribution < 1.29 is 22.8 Å². The van der Waals surface area contributed by atoms with Crippen molar-refractivity contribution in [1.29, 1.82) is 0 Å². The standard InChI is InChI=1S/C23H29F3N4O3/c1-17-27-30(16-23(24,25)26)22(33)28(17)14-10-6-4-2-3-5-7-11-15-29-20(31)18-12-8-9-13-19(18)21(29)32/h8-9,12-13H,2-7,10-11,14-16H2,1H3. The van der Waals surface area contributed by atoms with Gasteiger partial charge < -0.3 is 0 Å². The van der Waals surface area contributed by atoms with E-state index < -0.39 is 18.4 Å². The Balaban J connectivity index is 1.26. The van der Waals surface area contributed by atoms with Gasteiger partial charge in [-0.15, -0.1) is 0 Å². The number of rotatable bonds is 12. The fourth-order valence-electron chi connectivity index (χ4n) is 4.12. The van der Waals surface area contributed by atoms with E-state index in [9.17, 15) is 27.6 Å². The summed E-state index contributed by atoms with van der Waals surface area (Å²) in [5.74, 6) is -0.134. The van der Waals surface area contributed by atoms with Crippen molar-refractivity contribution in [1.82, 2.24) is 19.2 Å². The number of hydrogen-bond donors (Lipinski definition) is 0. The number of unbranched alkanes of at least 4 members (excludes halogenated alkanes) is 7. The second kappa shape index (κ2) is 10.8. The van der Waals surface area contributed by atoms with Crippen molar-refractivity contribution in [3.05, 3.63) is 51.7 Å². The van der Waals surface area contributed by atoms with E-state index in [1.165, 1.54) is 16.4 Å². The number of fused-ring (bicyclic) bond motifs is 1. The van der Waals surface area contributed by atoms with E-state index in [2.05, 4.69) is 5.10 Å². The zero-order valence-electron chi connectivity index (χ0n) is 18.7. The lowest BCUT2D eigenvalue weighted by Crippen LogP contribution is -2.30. The van der Waals surface area contributed by atoms with Crippen molar-refractivity contribution in [3.63, 3.8) is 0 Å². The SMILES string of the molecule is Cc1nn(CC(F)(F)F)c(=O)n1CCCCCCCCCCN1C(=O)c2ccccc2C1=O. The molecular formula is C23H29F3N4O3. The maximum absolute atomic E-state index is 12.5. The molecule has 7 nitrogen and oxygen atoms in total. The predicted octanol–water partition coefficient (Wildman–Crippen LogP) is 4.33. The maximum atomic E-state index is 12.5. The number of carbonyl (C=O) groups excluding carboxylic acids is 2. The molecule has 33 heavy (non-hydrogen) atoms. The van der Waals surface area contributed by atoms with Crippen molar-refractivity contribution in [3.8, 4) is 0 Å².